The number of aromatic nitrogens is 2. The van der Waals surface area contributed by atoms with Crippen molar-refractivity contribution in [3.8, 4) is 11.4 Å². The summed E-state index contributed by atoms with van der Waals surface area (Å²) in [6.07, 6.45) is 1.74. The van der Waals surface area contributed by atoms with Gasteiger partial charge in [0.25, 0.3) is 0 Å². The topological polar surface area (TPSA) is 60.2 Å². The molecule has 1 aliphatic heterocycles. The first kappa shape index (κ1) is 13.3. The number of ether oxygens (including phenoxy) is 1. The van der Waals surface area contributed by atoms with Crippen molar-refractivity contribution < 1.29 is 9.26 Å². The van der Waals surface area contributed by atoms with E-state index in [9.17, 15) is 0 Å². The molecule has 1 aromatic carbocycles. The number of rotatable bonds is 4. The Hall–Kier alpha value is -1.72. The molecule has 0 bridgehead atoms. The molecule has 1 aliphatic rings. The third-order valence-electron chi connectivity index (χ3n) is 3.51. The van der Waals surface area contributed by atoms with Gasteiger partial charge in [0.1, 0.15) is 0 Å². The fourth-order valence-electron chi connectivity index (χ4n) is 2.31. The highest BCUT2D eigenvalue weighted by atomic mass is 16.5. The van der Waals surface area contributed by atoms with Crippen LogP contribution in [0.15, 0.2) is 28.8 Å². The summed E-state index contributed by atoms with van der Waals surface area (Å²) < 4.78 is 10.7. The van der Waals surface area contributed by atoms with E-state index in [1.54, 1.807) is 0 Å². The van der Waals surface area contributed by atoms with E-state index in [1.807, 2.05) is 12.1 Å². The van der Waals surface area contributed by atoms with E-state index in [2.05, 4.69) is 34.5 Å². The largest absolute Gasteiger partial charge is 0.378 e. The van der Waals surface area contributed by atoms with Crippen molar-refractivity contribution in [2.45, 2.75) is 25.8 Å². The van der Waals surface area contributed by atoms with Crippen LogP contribution in [0.3, 0.4) is 0 Å². The van der Waals surface area contributed by atoms with Gasteiger partial charge in [-0.15, -0.1) is 0 Å². The van der Waals surface area contributed by atoms with Gasteiger partial charge >= 0.3 is 0 Å². The van der Waals surface area contributed by atoms with Crippen molar-refractivity contribution in [2.75, 3.05) is 19.8 Å². The van der Waals surface area contributed by atoms with Gasteiger partial charge in [-0.25, -0.2) is 0 Å². The maximum absolute atomic E-state index is 5.42. The lowest BCUT2D eigenvalue weighted by Crippen LogP contribution is -2.42. The van der Waals surface area contributed by atoms with Crippen molar-refractivity contribution in [3.05, 3.63) is 35.7 Å². The lowest BCUT2D eigenvalue weighted by atomic mass is 10.1. The number of nitrogens with one attached hydrogen (secondary N) is 1. The van der Waals surface area contributed by atoms with Gasteiger partial charge in [-0.2, -0.15) is 4.98 Å². The Morgan fingerprint density at radius 1 is 1.30 bits per heavy atom. The minimum Gasteiger partial charge on any atom is -0.378 e. The molecule has 1 aromatic heterocycles. The van der Waals surface area contributed by atoms with Gasteiger partial charge in [0.15, 0.2) is 0 Å². The van der Waals surface area contributed by atoms with Crippen LogP contribution in [0, 0.1) is 0 Å². The fraction of sp³-hybridized carbons (Fsp3) is 0.467. The summed E-state index contributed by atoms with van der Waals surface area (Å²) in [6, 6.07) is 8.54. The van der Waals surface area contributed by atoms with Crippen LogP contribution >= 0.6 is 0 Å². The third kappa shape index (κ3) is 3.05. The number of aryl methyl sites for hydroxylation is 1. The molecule has 1 saturated heterocycles. The Balaban J connectivity index is 1.68. The van der Waals surface area contributed by atoms with Crippen LogP contribution in [-0.4, -0.2) is 35.9 Å². The van der Waals surface area contributed by atoms with Gasteiger partial charge in [0, 0.05) is 24.6 Å². The van der Waals surface area contributed by atoms with Gasteiger partial charge in [-0.05, 0) is 12.0 Å². The molecule has 2 aromatic rings. The van der Waals surface area contributed by atoms with E-state index in [-0.39, 0.29) is 6.04 Å². The molecule has 1 unspecified atom stereocenters. The van der Waals surface area contributed by atoms with Gasteiger partial charge in [-0.3, -0.25) is 0 Å². The summed E-state index contributed by atoms with van der Waals surface area (Å²) in [4.78, 5) is 4.46. The summed E-state index contributed by atoms with van der Waals surface area (Å²) >= 11 is 0. The Morgan fingerprint density at radius 2 is 2.15 bits per heavy atom. The molecule has 20 heavy (non-hydrogen) atoms. The molecule has 1 atom stereocenters. The summed E-state index contributed by atoms with van der Waals surface area (Å²) in [5.41, 5.74) is 2.30. The zero-order valence-electron chi connectivity index (χ0n) is 11.6. The number of morpholine rings is 1. The standard InChI is InChI=1S/C15H19N3O2/c1-2-11-3-5-12(6-4-11)15-17-14(20-18-15)9-13-10-19-8-7-16-13/h3-6,13,16H,2,7-10H2,1H3. The quantitative estimate of drug-likeness (QED) is 0.921. The van der Waals surface area contributed by atoms with Crippen LogP contribution in [0.25, 0.3) is 11.4 Å². The minimum absolute atomic E-state index is 0.263. The Bertz CT molecular complexity index is 545. The molecule has 0 amide bonds. The van der Waals surface area contributed by atoms with E-state index < -0.39 is 0 Å². The molecule has 5 heteroatoms. The first-order valence-corrected chi connectivity index (χ1v) is 7.08. The van der Waals surface area contributed by atoms with Crippen LogP contribution in [0.1, 0.15) is 18.4 Å². The Morgan fingerprint density at radius 3 is 2.85 bits per heavy atom. The van der Waals surface area contributed by atoms with Crippen molar-refractivity contribution >= 4 is 0 Å². The molecule has 0 radical (unpaired) electrons. The molecular formula is C15H19N3O2. The smallest absolute Gasteiger partial charge is 0.228 e. The number of benzene rings is 1. The van der Waals surface area contributed by atoms with E-state index in [1.165, 1.54) is 5.56 Å². The van der Waals surface area contributed by atoms with Crippen LogP contribution in [0.2, 0.25) is 0 Å². The maximum atomic E-state index is 5.42. The first-order valence-electron chi connectivity index (χ1n) is 7.08. The molecule has 0 saturated carbocycles. The highest BCUT2D eigenvalue weighted by Crippen LogP contribution is 2.17. The molecule has 0 spiro atoms. The van der Waals surface area contributed by atoms with Crippen molar-refractivity contribution in [1.29, 1.82) is 0 Å². The normalized spacial score (nSPS) is 19.1. The highest BCUT2D eigenvalue weighted by molar-refractivity contribution is 5.54. The second kappa shape index (κ2) is 6.15. The zero-order valence-corrected chi connectivity index (χ0v) is 11.6. The average Bonchev–Trinajstić information content (AvgIpc) is 2.97. The van der Waals surface area contributed by atoms with Crippen LogP contribution < -0.4 is 5.32 Å². The molecular weight excluding hydrogens is 254 g/mol. The highest BCUT2D eigenvalue weighted by Gasteiger charge is 2.17. The Labute approximate surface area is 118 Å². The molecule has 3 rings (SSSR count). The van der Waals surface area contributed by atoms with Crippen LogP contribution in [0.5, 0.6) is 0 Å². The summed E-state index contributed by atoms with van der Waals surface area (Å²) in [6.45, 7) is 4.49. The van der Waals surface area contributed by atoms with E-state index in [0.717, 1.165) is 25.1 Å². The SMILES string of the molecule is CCc1ccc(-c2noc(CC3COCCN3)n2)cc1. The maximum Gasteiger partial charge on any atom is 0.228 e. The molecule has 0 aliphatic carbocycles. The second-order valence-electron chi connectivity index (χ2n) is 4.99. The van der Waals surface area contributed by atoms with Gasteiger partial charge in [0.2, 0.25) is 11.7 Å². The van der Waals surface area contributed by atoms with Crippen LogP contribution in [0.4, 0.5) is 0 Å². The molecule has 106 valence electrons. The summed E-state index contributed by atoms with van der Waals surface area (Å²) in [5.74, 6) is 1.31. The fourth-order valence-corrected chi connectivity index (χ4v) is 2.31. The lowest BCUT2D eigenvalue weighted by Gasteiger charge is -2.22. The lowest BCUT2D eigenvalue weighted by molar-refractivity contribution is 0.0744. The van der Waals surface area contributed by atoms with E-state index >= 15 is 0 Å². The second-order valence-corrected chi connectivity index (χ2v) is 4.99. The zero-order chi connectivity index (χ0) is 13.8. The van der Waals surface area contributed by atoms with E-state index in [0.29, 0.717) is 24.7 Å². The molecule has 2 heterocycles. The van der Waals surface area contributed by atoms with Crippen molar-refractivity contribution in [1.82, 2.24) is 15.5 Å². The average molecular weight is 273 g/mol. The van der Waals surface area contributed by atoms with E-state index in [4.69, 9.17) is 9.26 Å². The van der Waals surface area contributed by atoms with Crippen molar-refractivity contribution in [2.24, 2.45) is 0 Å². The predicted molar refractivity (Wildman–Crippen MR) is 75.4 cm³/mol. The molecule has 1 fully saturated rings. The van der Waals surface area contributed by atoms with Crippen LogP contribution in [-0.2, 0) is 17.6 Å². The van der Waals surface area contributed by atoms with Gasteiger partial charge in [0.05, 0.1) is 13.2 Å². The molecule has 5 nitrogen and oxygen atoms in total. The number of hydrogen-bond acceptors (Lipinski definition) is 5. The summed E-state index contributed by atoms with van der Waals surface area (Å²) in [5, 5.41) is 7.43. The number of hydrogen-bond donors (Lipinski definition) is 1. The third-order valence-corrected chi connectivity index (χ3v) is 3.51. The van der Waals surface area contributed by atoms with Gasteiger partial charge < -0.3 is 14.6 Å². The monoisotopic (exact) mass is 273 g/mol. The minimum atomic E-state index is 0.263. The van der Waals surface area contributed by atoms with Gasteiger partial charge in [-0.1, -0.05) is 36.3 Å². The number of nitrogens with zero attached hydrogens (tertiary/aromatic N) is 2. The first-order chi connectivity index (χ1) is 9.85. The van der Waals surface area contributed by atoms with Crippen molar-refractivity contribution in [3.63, 3.8) is 0 Å². The Kier molecular flexibility index (Phi) is 4.08. The molecule has 1 N–H and O–H groups in total. The predicted octanol–water partition coefficient (Wildman–Crippen LogP) is 1.83. The summed E-state index contributed by atoms with van der Waals surface area (Å²) in [7, 11) is 0.